The van der Waals surface area contributed by atoms with Crippen molar-refractivity contribution in [3.05, 3.63) is 0 Å². The molecule has 24 heavy (non-hydrogen) atoms. The van der Waals surface area contributed by atoms with Crippen LogP contribution in [0.4, 0.5) is 4.79 Å². The molecule has 1 heterocycles. The summed E-state index contributed by atoms with van der Waals surface area (Å²) in [6.45, 7) is 8.74. The molecule has 0 aromatic heterocycles. The van der Waals surface area contributed by atoms with Gasteiger partial charge in [-0.1, -0.05) is 6.42 Å². The second-order valence-corrected chi connectivity index (χ2v) is 7.97. The molecular formula is C18H29NO5. The number of hydrogen-bond donors (Lipinski definition) is 0. The maximum Gasteiger partial charge on any atom is 0.410 e. The van der Waals surface area contributed by atoms with E-state index in [4.69, 9.17) is 9.47 Å². The van der Waals surface area contributed by atoms with E-state index < -0.39 is 17.8 Å². The maximum absolute atomic E-state index is 12.8. The lowest BCUT2D eigenvalue weighted by atomic mass is 9.70. The van der Waals surface area contributed by atoms with Gasteiger partial charge in [-0.25, -0.2) is 4.79 Å². The first kappa shape index (κ1) is 18.7. The van der Waals surface area contributed by atoms with E-state index in [0.717, 1.165) is 25.5 Å². The number of nitrogens with zero attached hydrogens (tertiary/aromatic N) is 1. The molecule has 2 rings (SSSR count). The molecule has 136 valence electrons. The first-order valence-corrected chi connectivity index (χ1v) is 8.78. The summed E-state index contributed by atoms with van der Waals surface area (Å²) in [5.41, 5.74) is -0.598. The van der Waals surface area contributed by atoms with Crippen molar-refractivity contribution in [3.63, 3.8) is 0 Å². The van der Waals surface area contributed by atoms with Gasteiger partial charge in [0.1, 0.15) is 18.0 Å². The van der Waals surface area contributed by atoms with Crippen LogP contribution in [0.3, 0.4) is 0 Å². The van der Waals surface area contributed by atoms with E-state index in [1.54, 1.807) is 4.90 Å². The van der Waals surface area contributed by atoms with Crippen molar-refractivity contribution >= 4 is 18.3 Å². The van der Waals surface area contributed by atoms with Crippen molar-refractivity contribution in [2.45, 2.75) is 84.1 Å². The zero-order valence-electron chi connectivity index (χ0n) is 15.3. The topological polar surface area (TPSA) is 72.9 Å². The molecule has 1 aliphatic carbocycles. The molecule has 0 aromatic rings. The number of hydrogen-bond acceptors (Lipinski definition) is 5. The van der Waals surface area contributed by atoms with Gasteiger partial charge in [-0.3, -0.25) is 9.69 Å². The first-order chi connectivity index (χ1) is 11.1. The third-order valence-electron chi connectivity index (χ3n) is 5.02. The quantitative estimate of drug-likeness (QED) is 0.571. The molecule has 1 aliphatic heterocycles. The molecular weight excluding hydrogens is 310 g/mol. The molecule has 0 radical (unpaired) electrons. The molecule has 1 saturated heterocycles. The Kier molecular flexibility index (Phi) is 5.56. The van der Waals surface area contributed by atoms with E-state index in [2.05, 4.69) is 0 Å². The predicted molar refractivity (Wildman–Crippen MR) is 88.4 cm³/mol. The number of piperidine rings is 1. The smallest absolute Gasteiger partial charge is 0.410 e. The highest BCUT2D eigenvalue weighted by Gasteiger charge is 2.49. The second-order valence-electron chi connectivity index (χ2n) is 7.97. The fraction of sp³-hybridized carbons (Fsp3) is 0.833. The van der Waals surface area contributed by atoms with Crippen LogP contribution in [-0.4, -0.2) is 47.0 Å². The van der Waals surface area contributed by atoms with Gasteiger partial charge in [0.05, 0.1) is 6.04 Å². The zero-order valence-corrected chi connectivity index (χ0v) is 15.3. The van der Waals surface area contributed by atoms with Crippen molar-refractivity contribution in [3.8, 4) is 0 Å². The molecule has 6 nitrogen and oxygen atoms in total. The average Bonchev–Trinajstić information content (AvgIpc) is 2.45. The summed E-state index contributed by atoms with van der Waals surface area (Å²) in [6, 6.07) is -0.305. The Balaban J connectivity index is 2.30. The van der Waals surface area contributed by atoms with Crippen LogP contribution in [0.2, 0.25) is 0 Å². The molecule has 0 unspecified atom stereocenters. The highest BCUT2D eigenvalue weighted by molar-refractivity contribution is 5.70. The third-order valence-corrected chi connectivity index (χ3v) is 5.02. The number of fused-ring (bicyclic) bond motifs is 1. The fourth-order valence-electron chi connectivity index (χ4n) is 4.04. The van der Waals surface area contributed by atoms with Crippen molar-refractivity contribution < 1.29 is 23.9 Å². The number of likely N-dealkylation sites (tertiary alicyclic amines) is 1. The summed E-state index contributed by atoms with van der Waals surface area (Å²) in [7, 11) is 0. The van der Waals surface area contributed by atoms with Gasteiger partial charge >= 0.3 is 12.1 Å². The van der Waals surface area contributed by atoms with Crippen LogP contribution >= 0.6 is 0 Å². The van der Waals surface area contributed by atoms with E-state index in [1.165, 1.54) is 6.92 Å². The van der Waals surface area contributed by atoms with Gasteiger partial charge in [0.25, 0.3) is 0 Å². The molecule has 1 amide bonds. The van der Waals surface area contributed by atoms with Crippen LogP contribution in [0.5, 0.6) is 0 Å². The summed E-state index contributed by atoms with van der Waals surface area (Å²) in [5.74, 6) is -0.448. The molecule has 2 fully saturated rings. The lowest BCUT2D eigenvalue weighted by Crippen LogP contribution is -2.62. The van der Waals surface area contributed by atoms with E-state index in [1.807, 2.05) is 27.7 Å². The SMILES string of the molecule is CC(=O)O[C@H]1C[C@H]2[C@H](C=O)CCC[C@H]2N(C(=O)OC(C)(C)C)[C@H]1C. The van der Waals surface area contributed by atoms with Crippen molar-refractivity contribution in [2.75, 3.05) is 0 Å². The van der Waals surface area contributed by atoms with Crippen molar-refractivity contribution in [2.24, 2.45) is 11.8 Å². The van der Waals surface area contributed by atoms with E-state index in [-0.39, 0.29) is 29.9 Å². The van der Waals surface area contributed by atoms with Gasteiger partial charge in [-0.2, -0.15) is 0 Å². The maximum atomic E-state index is 12.8. The summed E-state index contributed by atoms with van der Waals surface area (Å²) >= 11 is 0. The number of carbonyl (C=O) groups is 3. The lowest BCUT2D eigenvalue weighted by molar-refractivity contribution is -0.158. The van der Waals surface area contributed by atoms with Crippen LogP contribution in [0, 0.1) is 11.8 Å². The van der Waals surface area contributed by atoms with Crippen molar-refractivity contribution in [1.29, 1.82) is 0 Å². The highest BCUT2D eigenvalue weighted by atomic mass is 16.6. The number of ether oxygens (including phenoxy) is 2. The van der Waals surface area contributed by atoms with Gasteiger partial charge in [0, 0.05) is 18.9 Å². The van der Waals surface area contributed by atoms with Gasteiger partial charge in [0.15, 0.2) is 0 Å². The van der Waals surface area contributed by atoms with E-state index >= 15 is 0 Å². The van der Waals surface area contributed by atoms with Crippen LogP contribution in [0.15, 0.2) is 0 Å². The second kappa shape index (κ2) is 7.11. The Hall–Kier alpha value is -1.59. The summed E-state index contributed by atoms with van der Waals surface area (Å²) in [4.78, 5) is 37.4. The van der Waals surface area contributed by atoms with Crippen LogP contribution in [0.25, 0.3) is 0 Å². The van der Waals surface area contributed by atoms with Crippen LogP contribution < -0.4 is 0 Å². The molecule has 0 spiro atoms. The van der Waals surface area contributed by atoms with E-state index in [0.29, 0.717) is 6.42 Å². The predicted octanol–water partition coefficient (Wildman–Crippen LogP) is 2.93. The minimum atomic E-state index is -0.598. The van der Waals surface area contributed by atoms with Crippen LogP contribution in [-0.2, 0) is 19.1 Å². The molecule has 0 bridgehead atoms. The van der Waals surface area contributed by atoms with Gasteiger partial charge in [-0.05, 0) is 52.9 Å². The summed E-state index contributed by atoms with van der Waals surface area (Å²) in [5, 5.41) is 0. The zero-order chi connectivity index (χ0) is 18.1. The molecule has 2 aliphatic rings. The summed E-state index contributed by atoms with van der Waals surface area (Å²) < 4.78 is 11.0. The number of carbonyl (C=O) groups excluding carboxylic acids is 3. The minimum Gasteiger partial charge on any atom is -0.460 e. The Morgan fingerprint density at radius 1 is 1.21 bits per heavy atom. The Morgan fingerprint density at radius 2 is 1.88 bits per heavy atom. The number of rotatable bonds is 2. The number of amides is 1. The van der Waals surface area contributed by atoms with Crippen LogP contribution in [0.1, 0.15) is 60.3 Å². The number of esters is 1. The van der Waals surface area contributed by atoms with Crippen molar-refractivity contribution in [1.82, 2.24) is 4.90 Å². The van der Waals surface area contributed by atoms with Gasteiger partial charge in [-0.15, -0.1) is 0 Å². The third kappa shape index (κ3) is 4.08. The molecule has 0 aromatic carbocycles. The highest BCUT2D eigenvalue weighted by Crippen LogP contribution is 2.42. The largest absolute Gasteiger partial charge is 0.460 e. The summed E-state index contributed by atoms with van der Waals surface area (Å²) in [6.07, 6.45) is 3.40. The Labute approximate surface area is 143 Å². The molecule has 5 atom stereocenters. The van der Waals surface area contributed by atoms with E-state index in [9.17, 15) is 14.4 Å². The molecule has 1 saturated carbocycles. The Bertz CT molecular complexity index is 498. The number of aldehydes is 1. The van der Waals surface area contributed by atoms with Gasteiger partial charge in [0.2, 0.25) is 0 Å². The molecule has 6 heteroatoms. The minimum absolute atomic E-state index is 0.0179. The molecule has 0 N–H and O–H groups in total. The van der Waals surface area contributed by atoms with Gasteiger partial charge < -0.3 is 14.3 Å². The monoisotopic (exact) mass is 339 g/mol. The Morgan fingerprint density at radius 3 is 2.42 bits per heavy atom. The lowest BCUT2D eigenvalue weighted by Gasteiger charge is -2.51. The average molecular weight is 339 g/mol. The normalized spacial score (nSPS) is 33.4. The fourth-order valence-corrected chi connectivity index (χ4v) is 4.04. The standard InChI is InChI=1S/C18H29NO5/c1-11-16(23-12(2)21)9-14-13(10-20)7-6-8-15(14)19(11)17(22)24-18(3,4)5/h10-11,13-16H,6-9H2,1-5H3/t11-,13-,14-,15+,16-/m0/s1. The first-order valence-electron chi connectivity index (χ1n) is 8.78.